The Bertz CT molecular complexity index is 750. The number of unbranched alkanes of at least 4 members (excludes halogenated alkanes) is 32. The molecule has 0 radical (unpaired) electrons. The van der Waals surface area contributed by atoms with Crippen molar-refractivity contribution >= 4 is 5.91 Å². The molecule has 0 saturated carbocycles. The zero-order valence-corrected chi connectivity index (χ0v) is 35.3. The molecule has 3 N–H and O–H groups in total. The Kier molecular flexibility index (Phi) is 43.3. The molecule has 4 nitrogen and oxygen atoms in total. The smallest absolute Gasteiger partial charge is 0.220 e. The molecule has 2 atom stereocenters. The maximum absolute atomic E-state index is 12.4. The van der Waals surface area contributed by atoms with Crippen molar-refractivity contribution in [3.8, 4) is 0 Å². The summed E-state index contributed by atoms with van der Waals surface area (Å²) in [7, 11) is 0. The Morgan fingerprint density at radius 1 is 0.462 bits per heavy atom. The van der Waals surface area contributed by atoms with E-state index in [0.717, 1.165) is 32.1 Å². The van der Waals surface area contributed by atoms with Gasteiger partial charge in [0, 0.05) is 6.42 Å². The molecule has 0 heterocycles. The number of nitrogens with one attached hydrogen (secondary N) is 1. The molecule has 52 heavy (non-hydrogen) atoms. The summed E-state index contributed by atoms with van der Waals surface area (Å²) in [4.78, 5) is 12.4. The van der Waals surface area contributed by atoms with Crippen LogP contribution in [-0.2, 0) is 4.79 Å². The SMILES string of the molecule is CCCCCCC/C=C\C/C=C\CCCCCCCCCCCCCCCCCCCC(=O)NC(CO)C(O)CCCCCCCCCCCCC. The van der Waals surface area contributed by atoms with E-state index in [4.69, 9.17) is 0 Å². The number of aliphatic hydroxyl groups excluding tert-OH is 2. The fraction of sp³-hybridized carbons (Fsp3) is 0.896. The molecule has 0 bridgehead atoms. The average Bonchev–Trinajstić information content (AvgIpc) is 3.15. The Hall–Kier alpha value is -1.13. The number of aliphatic hydroxyl groups is 2. The summed E-state index contributed by atoms with van der Waals surface area (Å²) in [5, 5.41) is 23.1. The molecule has 0 saturated heterocycles. The summed E-state index contributed by atoms with van der Waals surface area (Å²) >= 11 is 0. The molecular weight excluding hydrogens is 639 g/mol. The summed E-state index contributed by atoms with van der Waals surface area (Å²) < 4.78 is 0. The van der Waals surface area contributed by atoms with Crippen molar-refractivity contribution in [2.75, 3.05) is 6.61 Å². The first-order valence-electron chi connectivity index (χ1n) is 23.5. The highest BCUT2D eigenvalue weighted by molar-refractivity contribution is 5.76. The summed E-state index contributed by atoms with van der Waals surface area (Å²) in [5.74, 6) is -0.0297. The quantitative estimate of drug-likeness (QED) is 0.0432. The van der Waals surface area contributed by atoms with Gasteiger partial charge in [-0.2, -0.15) is 0 Å². The highest BCUT2D eigenvalue weighted by atomic mass is 16.3. The van der Waals surface area contributed by atoms with Gasteiger partial charge in [-0.1, -0.05) is 231 Å². The van der Waals surface area contributed by atoms with Gasteiger partial charge < -0.3 is 15.5 Å². The Balaban J connectivity index is 3.42. The maximum Gasteiger partial charge on any atom is 0.220 e. The molecule has 0 aliphatic heterocycles. The third kappa shape index (κ3) is 40.1. The van der Waals surface area contributed by atoms with E-state index in [1.165, 1.54) is 199 Å². The van der Waals surface area contributed by atoms with Crippen LogP contribution in [0.3, 0.4) is 0 Å². The topological polar surface area (TPSA) is 69.6 Å². The van der Waals surface area contributed by atoms with Crippen molar-refractivity contribution in [2.45, 2.75) is 270 Å². The third-order valence-electron chi connectivity index (χ3n) is 11.0. The van der Waals surface area contributed by atoms with Crippen molar-refractivity contribution in [1.29, 1.82) is 0 Å². The number of hydrogen-bond acceptors (Lipinski definition) is 3. The van der Waals surface area contributed by atoms with Crippen LogP contribution in [0.5, 0.6) is 0 Å². The van der Waals surface area contributed by atoms with Crippen LogP contribution in [0, 0.1) is 0 Å². The molecule has 0 aliphatic rings. The lowest BCUT2D eigenvalue weighted by molar-refractivity contribution is -0.123. The molecule has 2 unspecified atom stereocenters. The minimum atomic E-state index is -0.655. The van der Waals surface area contributed by atoms with Crippen LogP contribution in [0.1, 0.15) is 258 Å². The van der Waals surface area contributed by atoms with Crippen molar-refractivity contribution < 1.29 is 15.0 Å². The summed E-state index contributed by atoms with van der Waals surface area (Å²) in [5.41, 5.74) is 0. The van der Waals surface area contributed by atoms with Crippen molar-refractivity contribution in [3.63, 3.8) is 0 Å². The van der Waals surface area contributed by atoms with Gasteiger partial charge in [-0.05, 0) is 44.9 Å². The van der Waals surface area contributed by atoms with Crippen LogP contribution < -0.4 is 5.32 Å². The number of allylic oxidation sites excluding steroid dienone is 4. The predicted octanol–water partition coefficient (Wildman–Crippen LogP) is 14.8. The average molecular weight is 732 g/mol. The lowest BCUT2D eigenvalue weighted by Crippen LogP contribution is -2.45. The lowest BCUT2D eigenvalue weighted by atomic mass is 10.0. The first kappa shape index (κ1) is 50.9. The van der Waals surface area contributed by atoms with Crippen LogP contribution in [-0.4, -0.2) is 34.9 Å². The number of rotatable bonds is 43. The van der Waals surface area contributed by atoms with Crippen molar-refractivity contribution in [3.05, 3.63) is 24.3 Å². The van der Waals surface area contributed by atoms with Gasteiger partial charge in [-0.15, -0.1) is 0 Å². The van der Waals surface area contributed by atoms with E-state index >= 15 is 0 Å². The van der Waals surface area contributed by atoms with Gasteiger partial charge in [0.05, 0.1) is 18.8 Å². The number of carbonyl (C=O) groups is 1. The minimum Gasteiger partial charge on any atom is -0.394 e. The van der Waals surface area contributed by atoms with Gasteiger partial charge in [0.2, 0.25) is 5.91 Å². The Morgan fingerprint density at radius 3 is 1.15 bits per heavy atom. The largest absolute Gasteiger partial charge is 0.394 e. The highest BCUT2D eigenvalue weighted by Gasteiger charge is 2.20. The molecule has 0 aromatic rings. The maximum atomic E-state index is 12.4. The standard InChI is InChI=1S/C48H93NO3/c1-3-5-7-9-11-13-15-16-17-18-19-20-21-22-23-24-25-26-27-28-29-30-31-32-34-36-38-40-42-44-48(52)49-46(45-50)47(51)43-41-39-37-35-33-14-12-10-8-6-4-2/h15-16,18-19,46-47,50-51H,3-14,17,20-45H2,1-2H3,(H,49,52)/b16-15-,19-18-. The molecule has 0 fully saturated rings. The lowest BCUT2D eigenvalue weighted by Gasteiger charge is -2.22. The van der Waals surface area contributed by atoms with E-state index in [9.17, 15) is 15.0 Å². The van der Waals surface area contributed by atoms with E-state index in [2.05, 4.69) is 43.5 Å². The van der Waals surface area contributed by atoms with Gasteiger partial charge in [-0.25, -0.2) is 0 Å². The monoisotopic (exact) mass is 732 g/mol. The zero-order chi connectivity index (χ0) is 37.8. The van der Waals surface area contributed by atoms with Gasteiger partial charge in [-0.3, -0.25) is 4.79 Å². The Labute approximate surface area is 326 Å². The third-order valence-corrected chi connectivity index (χ3v) is 11.0. The number of hydrogen-bond donors (Lipinski definition) is 3. The second kappa shape index (κ2) is 44.3. The molecule has 0 spiro atoms. The van der Waals surface area contributed by atoms with E-state index in [0.29, 0.717) is 12.8 Å². The van der Waals surface area contributed by atoms with E-state index < -0.39 is 12.1 Å². The molecule has 0 rings (SSSR count). The first-order chi connectivity index (χ1) is 25.7. The summed E-state index contributed by atoms with van der Waals surface area (Å²) in [6.45, 7) is 4.35. The van der Waals surface area contributed by atoms with Crippen LogP contribution in [0.2, 0.25) is 0 Å². The highest BCUT2D eigenvalue weighted by Crippen LogP contribution is 2.16. The molecule has 4 heteroatoms. The molecule has 308 valence electrons. The van der Waals surface area contributed by atoms with Crippen molar-refractivity contribution in [2.24, 2.45) is 0 Å². The summed E-state index contributed by atoms with van der Waals surface area (Å²) in [6, 6.07) is -0.532. The summed E-state index contributed by atoms with van der Waals surface area (Å²) in [6.07, 6.45) is 57.0. The fourth-order valence-electron chi connectivity index (χ4n) is 7.33. The zero-order valence-electron chi connectivity index (χ0n) is 35.3. The molecule has 0 aliphatic carbocycles. The van der Waals surface area contributed by atoms with E-state index in [1.807, 2.05) is 0 Å². The number of carbonyl (C=O) groups excluding carboxylic acids is 1. The van der Waals surface area contributed by atoms with Gasteiger partial charge in [0.25, 0.3) is 0 Å². The second-order valence-electron chi connectivity index (χ2n) is 16.2. The number of amides is 1. The molecule has 0 aromatic carbocycles. The van der Waals surface area contributed by atoms with Gasteiger partial charge >= 0.3 is 0 Å². The van der Waals surface area contributed by atoms with Crippen molar-refractivity contribution in [1.82, 2.24) is 5.32 Å². The van der Waals surface area contributed by atoms with Crippen LogP contribution in [0.25, 0.3) is 0 Å². The van der Waals surface area contributed by atoms with Gasteiger partial charge in [0.15, 0.2) is 0 Å². The van der Waals surface area contributed by atoms with Crippen LogP contribution >= 0.6 is 0 Å². The van der Waals surface area contributed by atoms with E-state index in [-0.39, 0.29) is 12.5 Å². The molecular formula is C48H93NO3. The molecule has 0 aromatic heterocycles. The molecule has 1 amide bonds. The minimum absolute atomic E-state index is 0.0297. The van der Waals surface area contributed by atoms with E-state index in [1.54, 1.807) is 0 Å². The van der Waals surface area contributed by atoms with Gasteiger partial charge in [0.1, 0.15) is 0 Å². The predicted molar refractivity (Wildman–Crippen MR) is 230 cm³/mol. The van der Waals surface area contributed by atoms with Crippen LogP contribution in [0.15, 0.2) is 24.3 Å². The normalized spacial score (nSPS) is 13.1. The Morgan fingerprint density at radius 2 is 0.788 bits per heavy atom. The van der Waals surface area contributed by atoms with Crippen LogP contribution in [0.4, 0.5) is 0 Å². The fourth-order valence-corrected chi connectivity index (χ4v) is 7.33. The second-order valence-corrected chi connectivity index (χ2v) is 16.2. The first-order valence-corrected chi connectivity index (χ1v) is 23.5.